The molecule has 2 saturated carbocycles. The van der Waals surface area contributed by atoms with Crippen molar-refractivity contribution in [3.63, 3.8) is 0 Å². The summed E-state index contributed by atoms with van der Waals surface area (Å²) in [6, 6.07) is 39.0. The third-order valence-corrected chi connectivity index (χ3v) is 10.8. The molecule has 6 heteroatoms. The average Bonchev–Trinajstić information content (AvgIpc) is 3.17. The third-order valence-electron chi connectivity index (χ3n) is 10.8. The number of hydrogen-bond acceptors (Lipinski definition) is 6. The summed E-state index contributed by atoms with van der Waals surface area (Å²) in [5.74, 6) is 3.95. The van der Waals surface area contributed by atoms with Gasteiger partial charge < -0.3 is 0 Å². The van der Waals surface area contributed by atoms with Crippen molar-refractivity contribution in [1.29, 1.82) is 10.5 Å². The molecule has 4 atom stereocenters. The number of rotatable bonds is 6. The fourth-order valence-electron chi connectivity index (χ4n) is 8.86. The van der Waals surface area contributed by atoms with E-state index in [4.69, 9.17) is 15.0 Å². The fourth-order valence-corrected chi connectivity index (χ4v) is 8.86. The summed E-state index contributed by atoms with van der Waals surface area (Å²) < 4.78 is 0. The molecule has 2 heterocycles. The van der Waals surface area contributed by atoms with E-state index >= 15 is 0 Å². The van der Waals surface area contributed by atoms with Gasteiger partial charge in [-0.05, 0) is 150 Å². The van der Waals surface area contributed by atoms with Gasteiger partial charge in [-0.25, -0.2) is 15.0 Å². The number of fused-ring (bicyclic) bond motifs is 2. The Labute approximate surface area is 299 Å². The molecule has 2 fully saturated rings. The van der Waals surface area contributed by atoms with Crippen LogP contribution in [-0.4, -0.2) is 19.9 Å². The molecule has 6 nitrogen and oxygen atoms in total. The zero-order valence-electron chi connectivity index (χ0n) is 28.9. The molecule has 0 amide bonds. The zero-order chi connectivity index (χ0) is 35.0. The van der Waals surface area contributed by atoms with Crippen molar-refractivity contribution in [2.75, 3.05) is 0 Å². The topological polar surface area (TPSA) is 99.1 Å². The van der Waals surface area contributed by atoms with E-state index in [-0.39, 0.29) is 5.41 Å². The van der Waals surface area contributed by atoms with E-state index in [9.17, 15) is 10.5 Å². The summed E-state index contributed by atoms with van der Waals surface area (Å²) in [7, 11) is 0. The van der Waals surface area contributed by atoms with Gasteiger partial charge in [0.15, 0.2) is 17.5 Å². The van der Waals surface area contributed by atoms with Crippen LogP contribution in [-0.2, 0) is 5.41 Å². The van der Waals surface area contributed by atoms with Crippen LogP contribution in [0, 0.1) is 40.4 Å². The second kappa shape index (κ2) is 13.4. The SMILES string of the molecule is CC1C[C@@H]2C[C@H](C)CC(c3ccc(-c4cc(-c5ccc(C#N)cc5)cc(-c5nc(-c6ccncc6)nc(-c6ccc(C#N)cc6)n5)c4)cc3)(C1)C2. The Morgan fingerprint density at radius 1 is 0.510 bits per heavy atom. The lowest BCUT2D eigenvalue weighted by Gasteiger charge is -2.50. The Morgan fingerprint density at radius 3 is 1.45 bits per heavy atom. The highest BCUT2D eigenvalue weighted by Crippen LogP contribution is 2.54. The quantitative estimate of drug-likeness (QED) is 0.176. The maximum absolute atomic E-state index is 9.46. The standard InChI is InChI=1S/C45H38N6/c1-29-19-33-20-30(2)25-45(24-29,26-33)41-13-11-35(12-14-41)39-21-38(34-7-3-31(27-46)4-8-34)22-40(23-39)44-50-42(36-9-5-32(28-47)6-10-36)49-43(51-44)37-15-17-48-18-16-37/h3-18,21-23,29-30,33H,19-20,24-26H2,1-2H3/t29-,30?,33-,45?/m0/s1. The van der Waals surface area contributed by atoms with Crippen LogP contribution in [0.25, 0.3) is 56.4 Å². The second-order valence-electron chi connectivity index (χ2n) is 14.7. The number of hydrogen-bond donors (Lipinski definition) is 0. The first kappa shape index (κ1) is 32.2. The Kier molecular flexibility index (Phi) is 8.46. The molecule has 248 valence electrons. The number of pyridine rings is 1. The van der Waals surface area contributed by atoms with Crippen molar-refractivity contribution in [3.8, 4) is 68.6 Å². The smallest absolute Gasteiger partial charge is 0.164 e. The van der Waals surface area contributed by atoms with Gasteiger partial charge in [0.2, 0.25) is 0 Å². The molecule has 2 aliphatic carbocycles. The summed E-state index contributed by atoms with van der Waals surface area (Å²) in [6.45, 7) is 4.88. The van der Waals surface area contributed by atoms with Crippen molar-refractivity contribution in [1.82, 2.24) is 19.9 Å². The largest absolute Gasteiger partial charge is 0.265 e. The summed E-state index contributed by atoms with van der Waals surface area (Å²) in [6.07, 6.45) is 10.0. The van der Waals surface area contributed by atoms with Gasteiger partial charge in [-0.1, -0.05) is 50.2 Å². The molecular formula is C45H38N6. The van der Waals surface area contributed by atoms with Crippen LogP contribution >= 0.6 is 0 Å². The third kappa shape index (κ3) is 6.54. The molecule has 2 aromatic heterocycles. The summed E-state index contributed by atoms with van der Waals surface area (Å²) in [5.41, 5.74) is 9.62. The Balaban J connectivity index is 1.26. The molecule has 51 heavy (non-hydrogen) atoms. The maximum Gasteiger partial charge on any atom is 0.164 e. The van der Waals surface area contributed by atoms with Crippen molar-refractivity contribution < 1.29 is 0 Å². The minimum Gasteiger partial charge on any atom is -0.265 e. The monoisotopic (exact) mass is 662 g/mol. The van der Waals surface area contributed by atoms with Gasteiger partial charge in [0.25, 0.3) is 0 Å². The maximum atomic E-state index is 9.46. The van der Waals surface area contributed by atoms with E-state index in [0.717, 1.165) is 56.7 Å². The lowest BCUT2D eigenvalue weighted by molar-refractivity contribution is 0.0780. The highest BCUT2D eigenvalue weighted by molar-refractivity contribution is 5.80. The molecule has 0 saturated heterocycles. The molecule has 0 radical (unpaired) electrons. The molecule has 6 aromatic rings. The normalized spacial score (nSPS) is 21.0. The molecule has 2 bridgehead atoms. The van der Waals surface area contributed by atoms with Crippen LogP contribution < -0.4 is 0 Å². The van der Waals surface area contributed by atoms with Gasteiger partial charge in [-0.3, -0.25) is 4.98 Å². The van der Waals surface area contributed by atoms with Crippen molar-refractivity contribution in [2.45, 2.75) is 51.4 Å². The average molecular weight is 663 g/mol. The van der Waals surface area contributed by atoms with Crippen LogP contribution in [0.3, 0.4) is 0 Å². The molecule has 8 rings (SSSR count). The number of nitrogens with zero attached hydrogens (tertiary/aromatic N) is 6. The van der Waals surface area contributed by atoms with Gasteiger partial charge in [0, 0.05) is 29.1 Å². The lowest BCUT2D eigenvalue weighted by atomic mass is 9.54. The number of nitriles is 2. The molecule has 2 aliphatic rings. The minimum atomic E-state index is 0.268. The van der Waals surface area contributed by atoms with E-state index in [1.807, 2.05) is 48.5 Å². The van der Waals surface area contributed by atoms with E-state index in [1.54, 1.807) is 24.5 Å². The fraction of sp³-hybridized carbons (Fsp3) is 0.244. The second-order valence-corrected chi connectivity index (χ2v) is 14.7. The zero-order valence-corrected chi connectivity index (χ0v) is 28.9. The molecule has 0 N–H and O–H groups in total. The van der Waals surface area contributed by atoms with E-state index in [1.165, 1.54) is 37.7 Å². The van der Waals surface area contributed by atoms with E-state index in [0.29, 0.717) is 28.6 Å². The molecular weight excluding hydrogens is 625 g/mol. The predicted molar refractivity (Wildman–Crippen MR) is 201 cm³/mol. The van der Waals surface area contributed by atoms with Gasteiger partial charge in [-0.15, -0.1) is 0 Å². The number of benzene rings is 4. The van der Waals surface area contributed by atoms with Crippen LogP contribution in [0.4, 0.5) is 0 Å². The van der Waals surface area contributed by atoms with Crippen molar-refractivity contribution in [2.24, 2.45) is 17.8 Å². The highest BCUT2D eigenvalue weighted by atomic mass is 15.0. The van der Waals surface area contributed by atoms with Gasteiger partial charge in [0.1, 0.15) is 0 Å². The summed E-state index contributed by atoms with van der Waals surface area (Å²) >= 11 is 0. The first-order valence-corrected chi connectivity index (χ1v) is 17.8. The lowest BCUT2D eigenvalue weighted by Crippen LogP contribution is -2.42. The van der Waals surface area contributed by atoms with Crippen LogP contribution in [0.5, 0.6) is 0 Å². The Morgan fingerprint density at radius 2 is 0.941 bits per heavy atom. The predicted octanol–water partition coefficient (Wildman–Crippen LogP) is 10.4. The first-order chi connectivity index (χ1) is 24.9. The first-order valence-electron chi connectivity index (χ1n) is 17.8. The van der Waals surface area contributed by atoms with Crippen LogP contribution in [0.1, 0.15) is 62.6 Å². The molecule has 4 aromatic carbocycles. The number of aromatic nitrogens is 4. The summed E-state index contributed by atoms with van der Waals surface area (Å²) in [5, 5.41) is 18.8. The molecule has 0 spiro atoms. The Hall–Kier alpha value is -5.98. The van der Waals surface area contributed by atoms with Crippen LogP contribution in [0.15, 0.2) is 116 Å². The summed E-state index contributed by atoms with van der Waals surface area (Å²) in [4.78, 5) is 19.1. The van der Waals surface area contributed by atoms with Gasteiger partial charge >= 0.3 is 0 Å². The highest BCUT2D eigenvalue weighted by Gasteiger charge is 2.45. The minimum absolute atomic E-state index is 0.268. The Bertz CT molecular complexity index is 2260. The van der Waals surface area contributed by atoms with Gasteiger partial charge in [0.05, 0.1) is 23.3 Å². The van der Waals surface area contributed by atoms with E-state index in [2.05, 4.69) is 73.4 Å². The molecule has 0 aliphatic heterocycles. The van der Waals surface area contributed by atoms with E-state index < -0.39 is 0 Å². The van der Waals surface area contributed by atoms with Crippen molar-refractivity contribution in [3.05, 3.63) is 132 Å². The van der Waals surface area contributed by atoms with Crippen molar-refractivity contribution >= 4 is 0 Å². The molecule has 2 unspecified atom stereocenters. The van der Waals surface area contributed by atoms with Crippen LogP contribution in [0.2, 0.25) is 0 Å². The van der Waals surface area contributed by atoms with Gasteiger partial charge in [-0.2, -0.15) is 10.5 Å².